The summed E-state index contributed by atoms with van der Waals surface area (Å²) in [6, 6.07) is 5.47. The molecule has 0 atom stereocenters. The van der Waals surface area contributed by atoms with Gasteiger partial charge in [-0.1, -0.05) is 11.6 Å². The first-order valence-electron chi connectivity index (χ1n) is 7.75. The number of methoxy groups -OCH3 is 1. The minimum atomic E-state index is -0.440. The number of anilines is 1. The molecule has 0 aliphatic carbocycles. The summed E-state index contributed by atoms with van der Waals surface area (Å²) in [5.41, 5.74) is 0.498. The molecule has 0 unspecified atom stereocenters. The van der Waals surface area contributed by atoms with Gasteiger partial charge >= 0.3 is 12.0 Å². The number of ether oxygens (including phenoxy) is 1. The molecule has 3 rings (SSSR count). The van der Waals surface area contributed by atoms with Gasteiger partial charge in [0.15, 0.2) is 0 Å². The lowest BCUT2D eigenvalue weighted by molar-refractivity contribution is 0.0607. The van der Waals surface area contributed by atoms with Crippen molar-refractivity contribution in [3.63, 3.8) is 0 Å². The van der Waals surface area contributed by atoms with Crippen molar-refractivity contribution >= 4 is 52.0 Å². The molecule has 2 aromatic rings. The standard InChI is InChI=1S/C16H18ClN3O3S2/c1-23-15(21)14-12(4-9-24-14)18-16(22)20-7-5-19(6-8-20)10-11-2-3-13(17)25-11/h2-4,9H,5-8,10H2,1H3,(H,18,22). The maximum Gasteiger partial charge on any atom is 0.350 e. The summed E-state index contributed by atoms with van der Waals surface area (Å²) in [5.74, 6) is -0.440. The van der Waals surface area contributed by atoms with E-state index >= 15 is 0 Å². The predicted octanol–water partition coefficient (Wildman–Crippen LogP) is 3.60. The number of carbonyl (C=O) groups is 2. The molecule has 1 saturated heterocycles. The zero-order valence-corrected chi connectivity index (χ0v) is 16.0. The molecule has 3 heterocycles. The molecule has 2 aromatic heterocycles. The molecule has 134 valence electrons. The van der Waals surface area contributed by atoms with Crippen LogP contribution in [0, 0.1) is 0 Å². The smallest absolute Gasteiger partial charge is 0.350 e. The van der Waals surface area contributed by atoms with Gasteiger partial charge in [0.2, 0.25) is 0 Å². The second kappa shape index (κ2) is 8.18. The second-order valence-electron chi connectivity index (χ2n) is 5.55. The number of carbonyl (C=O) groups excluding carboxylic acids is 2. The van der Waals surface area contributed by atoms with Gasteiger partial charge in [0.25, 0.3) is 0 Å². The highest BCUT2D eigenvalue weighted by Crippen LogP contribution is 2.25. The van der Waals surface area contributed by atoms with E-state index in [9.17, 15) is 9.59 Å². The number of hydrogen-bond donors (Lipinski definition) is 1. The number of piperazine rings is 1. The monoisotopic (exact) mass is 399 g/mol. The Balaban J connectivity index is 1.52. The highest BCUT2D eigenvalue weighted by molar-refractivity contribution is 7.16. The number of hydrogen-bond acceptors (Lipinski definition) is 6. The molecule has 25 heavy (non-hydrogen) atoms. The molecule has 0 radical (unpaired) electrons. The topological polar surface area (TPSA) is 61.9 Å². The van der Waals surface area contributed by atoms with E-state index in [2.05, 4.69) is 10.2 Å². The van der Waals surface area contributed by atoms with Crippen molar-refractivity contribution in [2.75, 3.05) is 38.6 Å². The highest BCUT2D eigenvalue weighted by atomic mass is 35.5. The number of urea groups is 1. The highest BCUT2D eigenvalue weighted by Gasteiger charge is 2.23. The molecule has 2 amide bonds. The Morgan fingerprint density at radius 3 is 2.64 bits per heavy atom. The molecule has 0 aromatic carbocycles. The summed E-state index contributed by atoms with van der Waals surface area (Å²) in [6.07, 6.45) is 0. The first-order valence-corrected chi connectivity index (χ1v) is 9.82. The first-order chi connectivity index (χ1) is 12.1. The summed E-state index contributed by atoms with van der Waals surface area (Å²) < 4.78 is 5.52. The maximum absolute atomic E-state index is 12.4. The Kier molecular flexibility index (Phi) is 5.95. The van der Waals surface area contributed by atoms with Gasteiger partial charge in [-0.15, -0.1) is 22.7 Å². The molecule has 0 spiro atoms. The van der Waals surface area contributed by atoms with Crippen LogP contribution in [0.4, 0.5) is 10.5 Å². The summed E-state index contributed by atoms with van der Waals surface area (Å²) in [6.45, 7) is 3.74. The van der Waals surface area contributed by atoms with Crippen molar-refractivity contribution in [2.24, 2.45) is 0 Å². The normalized spacial score (nSPS) is 15.2. The number of halogens is 1. The van der Waals surface area contributed by atoms with Gasteiger partial charge in [0, 0.05) is 37.6 Å². The fourth-order valence-electron chi connectivity index (χ4n) is 2.62. The van der Waals surface area contributed by atoms with Crippen LogP contribution >= 0.6 is 34.3 Å². The quantitative estimate of drug-likeness (QED) is 0.798. The number of nitrogens with one attached hydrogen (secondary N) is 1. The number of amides is 2. The third-order valence-corrected chi connectivity index (χ3v) is 6.06. The van der Waals surface area contributed by atoms with Gasteiger partial charge in [0.05, 0.1) is 17.1 Å². The number of nitrogens with zero attached hydrogens (tertiary/aromatic N) is 2. The summed E-state index contributed by atoms with van der Waals surface area (Å²) in [4.78, 5) is 29.8. The fraction of sp³-hybridized carbons (Fsp3) is 0.375. The molecule has 0 bridgehead atoms. The van der Waals surface area contributed by atoms with Crippen molar-refractivity contribution in [2.45, 2.75) is 6.54 Å². The van der Waals surface area contributed by atoms with Crippen molar-refractivity contribution in [1.82, 2.24) is 9.80 Å². The van der Waals surface area contributed by atoms with E-state index in [1.807, 2.05) is 12.1 Å². The molecule has 1 aliphatic rings. The minimum Gasteiger partial charge on any atom is -0.465 e. The van der Waals surface area contributed by atoms with Crippen LogP contribution in [0.15, 0.2) is 23.6 Å². The van der Waals surface area contributed by atoms with Crippen LogP contribution in [0.3, 0.4) is 0 Å². The summed E-state index contributed by atoms with van der Waals surface area (Å²) in [5, 5.41) is 4.56. The van der Waals surface area contributed by atoms with E-state index in [1.165, 1.54) is 23.3 Å². The van der Waals surface area contributed by atoms with Crippen LogP contribution in [0.2, 0.25) is 4.34 Å². The third-order valence-electron chi connectivity index (χ3n) is 3.95. The Hall–Kier alpha value is -1.61. The Morgan fingerprint density at radius 2 is 2.00 bits per heavy atom. The lowest BCUT2D eigenvalue weighted by Crippen LogP contribution is -2.49. The van der Waals surface area contributed by atoms with Gasteiger partial charge in [-0.2, -0.15) is 0 Å². The Bertz CT molecular complexity index is 753. The first kappa shape index (κ1) is 18.2. The molecule has 9 heteroatoms. The van der Waals surface area contributed by atoms with E-state index in [4.69, 9.17) is 16.3 Å². The van der Waals surface area contributed by atoms with E-state index < -0.39 is 5.97 Å². The van der Waals surface area contributed by atoms with Crippen LogP contribution < -0.4 is 5.32 Å². The SMILES string of the molecule is COC(=O)c1sccc1NC(=O)N1CCN(Cc2ccc(Cl)s2)CC1. The van der Waals surface area contributed by atoms with E-state index in [0.29, 0.717) is 23.7 Å². The van der Waals surface area contributed by atoms with Gasteiger partial charge in [-0.3, -0.25) is 4.90 Å². The Labute approximate surface area is 158 Å². The molecular formula is C16H18ClN3O3S2. The van der Waals surface area contributed by atoms with Crippen LogP contribution in [0.5, 0.6) is 0 Å². The van der Waals surface area contributed by atoms with Crippen LogP contribution in [-0.2, 0) is 11.3 Å². The maximum atomic E-state index is 12.4. The number of rotatable bonds is 4. The van der Waals surface area contributed by atoms with Crippen LogP contribution in [-0.4, -0.2) is 55.1 Å². The van der Waals surface area contributed by atoms with Gasteiger partial charge < -0.3 is 15.0 Å². The molecular weight excluding hydrogens is 382 g/mol. The van der Waals surface area contributed by atoms with Crippen molar-refractivity contribution in [3.05, 3.63) is 37.7 Å². The fourth-order valence-corrected chi connectivity index (χ4v) is 4.51. The molecule has 6 nitrogen and oxygen atoms in total. The van der Waals surface area contributed by atoms with E-state index in [-0.39, 0.29) is 6.03 Å². The van der Waals surface area contributed by atoms with Gasteiger partial charge in [-0.25, -0.2) is 9.59 Å². The summed E-state index contributed by atoms with van der Waals surface area (Å²) >= 11 is 8.80. The second-order valence-corrected chi connectivity index (χ2v) is 8.27. The number of esters is 1. The largest absolute Gasteiger partial charge is 0.465 e. The van der Waals surface area contributed by atoms with Crippen LogP contribution in [0.1, 0.15) is 14.5 Å². The average molecular weight is 400 g/mol. The molecule has 0 saturated carbocycles. The van der Waals surface area contributed by atoms with Crippen LogP contribution in [0.25, 0.3) is 0 Å². The zero-order chi connectivity index (χ0) is 17.8. The predicted molar refractivity (Wildman–Crippen MR) is 101 cm³/mol. The zero-order valence-electron chi connectivity index (χ0n) is 13.7. The van der Waals surface area contributed by atoms with Crippen molar-refractivity contribution in [1.29, 1.82) is 0 Å². The minimum absolute atomic E-state index is 0.192. The molecule has 1 N–H and O–H groups in total. The van der Waals surface area contributed by atoms with Gasteiger partial charge in [0.1, 0.15) is 4.88 Å². The van der Waals surface area contributed by atoms with Gasteiger partial charge in [-0.05, 0) is 23.6 Å². The molecule has 1 fully saturated rings. The third kappa shape index (κ3) is 4.52. The Morgan fingerprint density at radius 1 is 1.24 bits per heavy atom. The van der Waals surface area contributed by atoms with Crippen molar-refractivity contribution < 1.29 is 14.3 Å². The van der Waals surface area contributed by atoms with Crippen molar-refractivity contribution in [3.8, 4) is 0 Å². The lowest BCUT2D eigenvalue weighted by atomic mass is 10.3. The average Bonchev–Trinajstić information content (AvgIpc) is 3.23. The lowest BCUT2D eigenvalue weighted by Gasteiger charge is -2.34. The summed E-state index contributed by atoms with van der Waals surface area (Å²) in [7, 11) is 1.33. The van der Waals surface area contributed by atoms with E-state index in [0.717, 1.165) is 24.0 Å². The molecule has 1 aliphatic heterocycles. The number of thiophene rings is 2. The van der Waals surface area contributed by atoms with E-state index in [1.54, 1.807) is 27.7 Å².